The molecule has 1 fully saturated rings. The molecule has 2 rings (SSSR count). The molecule has 6 nitrogen and oxygen atoms in total. The Morgan fingerprint density at radius 2 is 2.00 bits per heavy atom. The molecule has 1 aromatic rings. The van der Waals surface area contributed by atoms with Crippen LogP contribution in [0.15, 0.2) is 29.2 Å². The second-order valence-corrected chi connectivity index (χ2v) is 9.33. The first kappa shape index (κ1) is 16.4. The van der Waals surface area contributed by atoms with E-state index in [4.69, 9.17) is 0 Å². The average molecular weight is 332 g/mol. The molecule has 1 N–H and O–H groups in total. The molecule has 8 heteroatoms. The molecule has 0 unspecified atom stereocenters. The van der Waals surface area contributed by atoms with E-state index in [2.05, 4.69) is 5.32 Å². The Morgan fingerprint density at radius 1 is 1.24 bits per heavy atom. The second kappa shape index (κ2) is 6.43. The number of nitrogens with zero attached hydrogens (tertiary/aromatic N) is 1. The van der Waals surface area contributed by atoms with Crippen LogP contribution in [0.2, 0.25) is 0 Å². The fraction of sp³-hybridized carbons (Fsp3) is 0.538. The molecule has 21 heavy (non-hydrogen) atoms. The summed E-state index contributed by atoms with van der Waals surface area (Å²) in [7, 11) is -4.97. The third kappa shape index (κ3) is 4.03. The van der Waals surface area contributed by atoms with Crippen molar-refractivity contribution in [2.24, 2.45) is 0 Å². The molecule has 0 amide bonds. The Bertz CT molecular complexity index is 699. The lowest BCUT2D eigenvalue weighted by Gasteiger charge is -2.19. The van der Waals surface area contributed by atoms with Gasteiger partial charge in [0.15, 0.2) is 9.84 Å². The van der Waals surface area contributed by atoms with E-state index in [1.54, 1.807) is 25.2 Å². The highest BCUT2D eigenvalue weighted by atomic mass is 32.2. The van der Waals surface area contributed by atoms with Gasteiger partial charge < -0.3 is 5.32 Å². The van der Waals surface area contributed by atoms with Crippen LogP contribution in [0.5, 0.6) is 0 Å². The fourth-order valence-electron chi connectivity index (χ4n) is 2.33. The van der Waals surface area contributed by atoms with Crippen LogP contribution in [-0.4, -0.2) is 52.8 Å². The van der Waals surface area contributed by atoms with E-state index < -0.39 is 19.9 Å². The number of benzene rings is 1. The van der Waals surface area contributed by atoms with Gasteiger partial charge in [0.1, 0.15) is 0 Å². The molecule has 0 aromatic heterocycles. The number of sulfone groups is 1. The van der Waals surface area contributed by atoms with Gasteiger partial charge in [0, 0.05) is 19.6 Å². The van der Waals surface area contributed by atoms with Crippen molar-refractivity contribution in [3.05, 3.63) is 29.8 Å². The lowest BCUT2D eigenvalue weighted by atomic mass is 10.2. The van der Waals surface area contributed by atoms with E-state index in [9.17, 15) is 16.8 Å². The standard InChI is InChI=1S/C13H20N2O4S2/c1-14-11-12-4-2-5-13(10-12)21(18,19)15-6-3-8-20(16,17)9-7-15/h2,4-5,10,14H,3,6-9,11H2,1H3. The van der Waals surface area contributed by atoms with Gasteiger partial charge in [0.05, 0.1) is 16.4 Å². The minimum Gasteiger partial charge on any atom is -0.316 e. The van der Waals surface area contributed by atoms with Gasteiger partial charge in [-0.3, -0.25) is 0 Å². The fourth-order valence-corrected chi connectivity index (χ4v) is 5.26. The summed E-state index contributed by atoms with van der Waals surface area (Å²) in [5, 5.41) is 2.98. The Labute approximate surface area is 126 Å². The average Bonchev–Trinajstić information content (AvgIpc) is 2.61. The summed E-state index contributed by atoms with van der Waals surface area (Å²) in [5.74, 6) is -0.0543. The molecule has 0 bridgehead atoms. The van der Waals surface area contributed by atoms with Crippen molar-refractivity contribution in [2.75, 3.05) is 31.6 Å². The molecule has 118 valence electrons. The van der Waals surface area contributed by atoms with E-state index in [-0.39, 0.29) is 29.5 Å². The van der Waals surface area contributed by atoms with Gasteiger partial charge in [0.25, 0.3) is 0 Å². The summed E-state index contributed by atoms with van der Waals surface area (Å²) in [4.78, 5) is 0.217. The van der Waals surface area contributed by atoms with Gasteiger partial charge in [-0.15, -0.1) is 0 Å². The lowest BCUT2D eigenvalue weighted by molar-refractivity contribution is 0.434. The van der Waals surface area contributed by atoms with Gasteiger partial charge in [-0.1, -0.05) is 12.1 Å². The van der Waals surface area contributed by atoms with E-state index in [1.807, 2.05) is 6.07 Å². The van der Waals surface area contributed by atoms with Crippen molar-refractivity contribution in [3.8, 4) is 0 Å². The van der Waals surface area contributed by atoms with Gasteiger partial charge >= 0.3 is 0 Å². The topological polar surface area (TPSA) is 83.6 Å². The highest BCUT2D eigenvalue weighted by Gasteiger charge is 2.28. The normalized spacial score (nSPS) is 20.0. The van der Waals surface area contributed by atoms with Gasteiger partial charge in [-0.2, -0.15) is 4.31 Å². The molecule has 0 spiro atoms. The first-order valence-electron chi connectivity index (χ1n) is 6.79. The monoisotopic (exact) mass is 332 g/mol. The smallest absolute Gasteiger partial charge is 0.243 e. The minimum atomic E-state index is -3.64. The first-order chi connectivity index (χ1) is 9.85. The SMILES string of the molecule is CNCc1cccc(S(=O)(=O)N2CCCS(=O)(=O)CC2)c1. The summed E-state index contributed by atoms with van der Waals surface area (Å²) in [5.41, 5.74) is 0.876. The molecule has 0 radical (unpaired) electrons. The number of nitrogens with one attached hydrogen (secondary N) is 1. The number of hydrogen-bond acceptors (Lipinski definition) is 5. The Balaban J connectivity index is 2.27. The predicted molar refractivity (Wildman–Crippen MR) is 81.2 cm³/mol. The summed E-state index contributed by atoms with van der Waals surface area (Å²) >= 11 is 0. The zero-order valence-corrected chi connectivity index (χ0v) is 13.6. The first-order valence-corrected chi connectivity index (χ1v) is 10.1. The lowest BCUT2D eigenvalue weighted by Crippen LogP contribution is -2.33. The van der Waals surface area contributed by atoms with Gasteiger partial charge in [-0.05, 0) is 31.2 Å². The van der Waals surface area contributed by atoms with Crippen LogP contribution in [0.3, 0.4) is 0 Å². The third-order valence-corrected chi connectivity index (χ3v) is 7.04. The summed E-state index contributed by atoms with van der Waals surface area (Å²) in [6.45, 7) is 0.858. The van der Waals surface area contributed by atoms with Gasteiger partial charge in [-0.25, -0.2) is 16.8 Å². The molecule has 0 aliphatic carbocycles. The van der Waals surface area contributed by atoms with Crippen molar-refractivity contribution in [3.63, 3.8) is 0 Å². The molecule has 1 saturated heterocycles. The van der Waals surface area contributed by atoms with Gasteiger partial charge in [0.2, 0.25) is 10.0 Å². The zero-order valence-electron chi connectivity index (χ0n) is 11.9. The minimum absolute atomic E-state index is 0.0287. The van der Waals surface area contributed by atoms with E-state index in [0.29, 0.717) is 13.0 Å². The van der Waals surface area contributed by atoms with Crippen molar-refractivity contribution < 1.29 is 16.8 Å². The maximum Gasteiger partial charge on any atom is 0.243 e. The predicted octanol–water partition coefficient (Wildman–Crippen LogP) is 0.215. The van der Waals surface area contributed by atoms with Crippen LogP contribution in [0, 0.1) is 0 Å². The maximum atomic E-state index is 12.6. The van der Waals surface area contributed by atoms with Crippen LogP contribution in [0.25, 0.3) is 0 Å². The number of rotatable bonds is 4. The largest absolute Gasteiger partial charge is 0.316 e. The highest BCUT2D eigenvalue weighted by Crippen LogP contribution is 2.19. The summed E-state index contributed by atoms with van der Waals surface area (Å²) in [6, 6.07) is 6.73. The number of hydrogen-bond donors (Lipinski definition) is 1. The van der Waals surface area contributed by atoms with Crippen LogP contribution in [0.4, 0.5) is 0 Å². The molecule has 0 atom stereocenters. The Kier molecular flexibility index (Phi) is 5.03. The zero-order chi connectivity index (χ0) is 15.5. The Morgan fingerprint density at radius 3 is 2.71 bits per heavy atom. The van der Waals surface area contributed by atoms with Crippen LogP contribution in [0.1, 0.15) is 12.0 Å². The molecule has 0 saturated carbocycles. The summed E-state index contributed by atoms with van der Waals surface area (Å²) < 4.78 is 49.7. The Hall–Kier alpha value is -0.960. The van der Waals surface area contributed by atoms with Crippen molar-refractivity contribution in [1.82, 2.24) is 9.62 Å². The van der Waals surface area contributed by atoms with Crippen molar-refractivity contribution in [1.29, 1.82) is 0 Å². The molecular formula is C13H20N2O4S2. The molecule has 1 aliphatic heterocycles. The molecule has 1 aliphatic rings. The van der Waals surface area contributed by atoms with E-state index in [1.165, 1.54) is 4.31 Å². The summed E-state index contributed by atoms with van der Waals surface area (Å²) in [6.07, 6.45) is 0.345. The quantitative estimate of drug-likeness (QED) is 0.852. The highest BCUT2D eigenvalue weighted by molar-refractivity contribution is 7.91. The number of sulfonamides is 1. The molecule has 1 aromatic carbocycles. The third-order valence-electron chi connectivity index (χ3n) is 3.43. The van der Waals surface area contributed by atoms with Crippen LogP contribution >= 0.6 is 0 Å². The molecular weight excluding hydrogens is 312 g/mol. The van der Waals surface area contributed by atoms with Crippen molar-refractivity contribution in [2.45, 2.75) is 17.9 Å². The van der Waals surface area contributed by atoms with E-state index >= 15 is 0 Å². The molecule has 1 heterocycles. The maximum absolute atomic E-state index is 12.6. The van der Waals surface area contributed by atoms with E-state index in [0.717, 1.165) is 5.56 Å². The van der Waals surface area contributed by atoms with Crippen LogP contribution in [-0.2, 0) is 26.4 Å². The van der Waals surface area contributed by atoms with Crippen LogP contribution < -0.4 is 5.32 Å². The second-order valence-electron chi connectivity index (χ2n) is 5.09. The van der Waals surface area contributed by atoms with Crippen molar-refractivity contribution >= 4 is 19.9 Å².